The van der Waals surface area contributed by atoms with Crippen molar-refractivity contribution < 1.29 is 14.7 Å². The molecule has 2 aromatic carbocycles. The van der Waals surface area contributed by atoms with Crippen molar-refractivity contribution >= 4 is 35.4 Å². The van der Waals surface area contributed by atoms with Gasteiger partial charge in [0.15, 0.2) is 0 Å². The van der Waals surface area contributed by atoms with E-state index in [1.54, 1.807) is 12.1 Å². The number of carboxylic acids is 1. The maximum absolute atomic E-state index is 12.7. The van der Waals surface area contributed by atoms with Crippen LogP contribution in [0.5, 0.6) is 0 Å². The van der Waals surface area contributed by atoms with Crippen LogP contribution in [-0.4, -0.2) is 23.5 Å². The Labute approximate surface area is 144 Å². The first-order valence-corrected chi connectivity index (χ1v) is 8.51. The molecule has 2 aromatic rings. The van der Waals surface area contributed by atoms with Crippen molar-refractivity contribution in [2.24, 2.45) is 0 Å². The first-order chi connectivity index (χ1) is 11.6. The lowest BCUT2D eigenvalue weighted by Gasteiger charge is -2.28. The Morgan fingerprint density at radius 3 is 2.54 bits per heavy atom. The van der Waals surface area contributed by atoms with Gasteiger partial charge < -0.3 is 5.11 Å². The highest BCUT2D eigenvalue weighted by Gasteiger charge is 2.30. The summed E-state index contributed by atoms with van der Waals surface area (Å²) in [5.74, 6) is -1.31. The lowest BCUT2D eigenvalue weighted by molar-refractivity contribution is -0.136. The van der Waals surface area contributed by atoms with Crippen molar-refractivity contribution in [1.82, 2.24) is 0 Å². The smallest absolute Gasteiger partial charge is 0.323 e. The molecule has 3 rings (SSSR count). The average molecular weight is 339 g/mol. The highest BCUT2D eigenvalue weighted by Crippen LogP contribution is 2.41. The molecule has 1 heterocycles. The summed E-state index contributed by atoms with van der Waals surface area (Å²) in [4.78, 5) is 26.6. The fourth-order valence-corrected chi connectivity index (χ4v) is 3.61. The van der Waals surface area contributed by atoms with Crippen LogP contribution in [0.4, 0.5) is 5.69 Å². The fourth-order valence-electron chi connectivity index (χ4n) is 2.56. The van der Waals surface area contributed by atoms with Crippen LogP contribution in [0.25, 0.3) is 6.08 Å². The first kappa shape index (κ1) is 16.3. The normalized spacial score (nSPS) is 15.5. The molecule has 0 fully saturated rings. The van der Waals surface area contributed by atoms with Crippen LogP contribution in [0.2, 0.25) is 0 Å². The van der Waals surface area contributed by atoms with Crippen molar-refractivity contribution in [1.29, 1.82) is 0 Å². The summed E-state index contributed by atoms with van der Waals surface area (Å²) in [6.45, 7) is 1.75. The molecule has 1 N–H and O–H groups in total. The van der Waals surface area contributed by atoms with Crippen LogP contribution >= 0.6 is 11.8 Å². The van der Waals surface area contributed by atoms with Gasteiger partial charge in [-0.2, -0.15) is 0 Å². The number of hydrogen-bond acceptors (Lipinski definition) is 3. The second kappa shape index (κ2) is 6.93. The van der Waals surface area contributed by atoms with Crippen molar-refractivity contribution in [3.05, 3.63) is 64.6 Å². The topological polar surface area (TPSA) is 57.6 Å². The van der Waals surface area contributed by atoms with Crippen LogP contribution in [-0.2, 0) is 16.0 Å². The molecule has 1 aliphatic rings. The van der Waals surface area contributed by atoms with E-state index in [1.165, 1.54) is 22.2 Å². The van der Waals surface area contributed by atoms with Gasteiger partial charge in [0.1, 0.15) is 6.54 Å². The molecular weight excluding hydrogens is 322 g/mol. The molecule has 0 aliphatic carbocycles. The summed E-state index contributed by atoms with van der Waals surface area (Å²) < 4.78 is 0. The van der Waals surface area contributed by atoms with E-state index in [1.807, 2.05) is 42.5 Å². The molecule has 0 saturated heterocycles. The van der Waals surface area contributed by atoms with Crippen molar-refractivity contribution in [2.75, 3.05) is 11.4 Å². The third-order valence-electron chi connectivity index (χ3n) is 3.81. The third-order valence-corrected chi connectivity index (χ3v) is 4.89. The highest BCUT2D eigenvalue weighted by molar-refractivity contribution is 8.04. The number of aryl methyl sites for hydroxylation is 1. The molecule has 0 bridgehead atoms. The molecule has 0 aromatic heterocycles. The van der Waals surface area contributed by atoms with E-state index in [9.17, 15) is 9.59 Å². The Morgan fingerprint density at radius 2 is 1.88 bits per heavy atom. The van der Waals surface area contributed by atoms with Crippen LogP contribution < -0.4 is 4.90 Å². The number of fused-ring (bicyclic) bond motifs is 1. The number of carbonyl (C=O) groups is 2. The molecule has 24 heavy (non-hydrogen) atoms. The fraction of sp³-hybridized carbons (Fsp3) is 0.158. The number of carboxylic acid groups (broad SMARTS) is 1. The maximum Gasteiger partial charge on any atom is 0.323 e. The second-order valence-corrected chi connectivity index (χ2v) is 6.54. The number of thioether (sulfide) groups is 1. The zero-order valence-electron chi connectivity index (χ0n) is 13.2. The summed E-state index contributed by atoms with van der Waals surface area (Å²) >= 11 is 1.38. The number of rotatable bonds is 4. The molecule has 5 heteroatoms. The Bertz CT molecular complexity index is 812. The summed E-state index contributed by atoms with van der Waals surface area (Å²) in [5.41, 5.74) is 2.81. The van der Waals surface area contributed by atoms with E-state index in [0.717, 1.165) is 16.9 Å². The van der Waals surface area contributed by atoms with E-state index in [-0.39, 0.29) is 12.5 Å². The lowest BCUT2D eigenvalue weighted by atomic mass is 10.1. The number of para-hydroxylation sites is 1. The minimum atomic E-state index is -1.03. The molecule has 0 radical (unpaired) electrons. The third kappa shape index (κ3) is 3.36. The van der Waals surface area contributed by atoms with Gasteiger partial charge in [-0.3, -0.25) is 14.5 Å². The van der Waals surface area contributed by atoms with E-state index >= 15 is 0 Å². The number of benzene rings is 2. The van der Waals surface area contributed by atoms with Gasteiger partial charge in [-0.1, -0.05) is 55.1 Å². The highest BCUT2D eigenvalue weighted by atomic mass is 32.2. The Morgan fingerprint density at radius 1 is 1.17 bits per heavy atom. The van der Waals surface area contributed by atoms with Gasteiger partial charge in [0.05, 0.1) is 10.6 Å². The van der Waals surface area contributed by atoms with Crippen molar-refractivity contribution in [3.8, 4) is 0 Å². The molecule has 0 atom stereocenters. The first-order valence-electron chi connectivity index (χ1n) is 7.69. The summed E-state index contributed by atoms with van der Waals surface area (Å²) in [7, 11) is 0. The Kier molecular flexibility index (Phi) is 4.71. The van der Waals surface area contributed by atoms with E-state index in [4.69, 9.17) is 5.11 Å². The molecule has 1 aliphatic heterocycles. The van der Waals surface area contributed by atoms with Crippen LogP contribution in [0, 0.1) is 0 Å². The van der Waals surface area contributed by atoms with Crippen LogP contribution in [0.1, 0.15) is 18.1 Å². The summed E-state index contributed by atoms with van der Waals surface area (Å²) in [5, 5.41) is 9.12. The Balaban J connectivity index is 1.98. The predicted molar refractivity (Wildman–Crippen MR) is 96.1 cm³/mol. The number of aliphatic carboxylic acids is 1. The van der Waals surface area contributed by atoms with Crippen molar-refractivity contribution in [3.63, 3.8) is 0 Å². The number of nitrogens with zero attached hydrogens (tertiary/aromatic N) is 1. The standard InChI is InChI=1S/C19H17NO3S/c1-2-13-7-9-14(10-8-13)11-17-19(23)20(12-18(21)22)15-5-3-4-6-16(15)24-17/h3-11H,2,12H2,1H3,(H,21,22). The molecule has 0 saturated carbocycles. The largest absolute Gasteiger partial charge is 0.480 e. The molecule has 0 spiro atoms. The Hall–Kier alpha value is -2.53. The van der Waals surface area contributed by atoms with Crippen LogP contribution in [0.3, 0.4) is 0 Å². The maximum atomic E-state index is 12.7. The second-order valence-electron chi connectivity index (χ2n) is 5.46. The summed E-state index contributed by atoms with van der Waals surface area (Å²) in [6.07, 6.45) is 2.78. The molecule has 1 amide bonds. The average Bonchev–Trinajstić information content (AvgIpc) is 2.59. The van der Waals surface area contributed by atoms with E-state index in [2.05, 4.69) is 6.92 Å². The molecular formula is C19H17NO3S. The zero-order chi connectivity index (χ0) is 17.1. The molecule has 122 valence electrons. The SMILES string of the molecule is CCc1ccc(C=C2Sc3ccccc3N(CC(=O)O)C2=O)cc1. The van der Waals surface area contributed by atoms with Crippen LogP contribution in [0.15, 0.2) is 58.3 Å². The number of anilines is 1. The van der Waals surface area contributed by atoms with Gasteiger partial charge in [0, 0.05) is 4.90 Å². The molecule has 0 unspecified atom stereocenters. The minimum Gasteiger partial charge on any atom is -0.480 e. The van der Waals surface area contributed by atoms with Gasteiger partial charge >= 0.3 is 5.97 Å². The van der Waals surface area contributed by atoms with Gasteiger partial charge in [-0.25, -0.2) is 0 Å². The van der Waals surface area contributed by atoms with Crippen molar-refractivity contribution in [2.45, 2.75) is 18.2 Å². The minimum absolute atomic E-state index is 0.277. The predicted octanol–water partition coefficient (Wildman–Crippen LogP) is 3.81. The van der Waals surface area contributed by atoms with Gasteiger partial charge in [0.25, 0.3) is 5.91 Å². The lowest BCUT2D eigenvalue weighted by Crippen LogP contribution is -2.38. The van der Waals surface area contributed by atoms with Gasteiger partial charge in [-0.15, -0.1) is 0 Å². The number of carbonyl (C=O) groups excluding carboxylic acids is 1. The molecule has 4 nitrogen and oxygen atoms in total. The monoisotopic (exact) mass is 339 g/mol. The number of amides is 1. The van der Waals surface area contributed by atoms with E-state index in [0.29, 0.717) is 10.6 Å². The number of hydrogen-bond donors (Lipinski definition) is 1. The quantitative estimate of drug-likeness (QED) is 0.861. The summed E-state index contributed by atoms with van der Waals surface area (Å²) in [6, 6.07) is 15.4. The zero-order valence-corrected chi connectivity index (χ0v) is 14.0. The van der Waals surface area contributed by atoms with E-state index < -0.39 is 5.97 Å². The van der Waals surface area contributed by atoms with Gasteiger partial charge in [-0.05, 0) is 35.8 Å². The van der Waals surface area contributed by atoms with Gasteiger partial charge in [0.2, 0.25) is 0 Å².